The fourth-order valence-electron chi connectivity index (χ4n) is 1.69. The molecule has 1 saturated heterocycles. The standard InChI is InChI=1S/C9H16N2O4/c1-6-8(12)10-3-4-11(6)7(5-15-2)9(13)14/h6-7H,3-5H2,1-2H3,(H,10,12)(H,13,14). The molecule has 0 radical (unpaired) electrons. The van der Waals surface area contributed by atoms with E-state index in [1.165, 1.54) is 7.11 Å². The normalized spacial score (nSPS) is 24.7. The van der Waals surface area contributed by atoms with E-state index in [1.54, 1.807) is 11.8 Å². The fraction of sp³-hybridized carbons (Fsp3) is 0.778. The molecule has 15 heavy (non-hydrogen) atoms. The number of piperazine rings is 1. The first-order chi connectivity index (χ1) is 7.07. The second-order valence-electron chi connectivity index (χ2n) is 3.51. The molecule has 6 nitrogen and oxygen atoms in total. The van der Waals surface area contributed by atoms with Crippen molar-refractivity contribution in [1.29, 1.82) is 0 Å². The van der Waals surface area contributed by atoms with E-state index in [9.17, 15) is 9.59 Å². The zero-order chi connectivity index (χ0) is 11.4. The van der Waals surface area contributed by atoms with Crippen molar-refractivity contribution in [3.8, 4) is 0 Å². The number of carboxylic acid groups (broad SMARTS) is 1. The summed E-state index contributed by atoms with van der Waals surface area (Å²) in [5, 5.41) is 11.7. The molecule has 0 aromatic rings. The van der Waals surface area contributed by atoms with Gasteiger partial charge in [-0.25, -0.2) is 0 Å². The molecule has 0 spiro atoms. The van der Waals surface area contributed by atoms with Crippen molar-refractivity contribution in [2.45, 2.75) is 19.0 Å². The average molecular weight is 216 g/mol. The van der Waals surface area contributed by atoms with Crippen LogP contribution in [0.25, 0.3) is 0 Å². The van der Waals surface area contributed by atoms with Crippen molar-refractivity contribution in [2.24, 2.45) is 0 Å². The van der Waals surface area contributed by atoms with Crippen molar-refractivity contribution in [3.05, 3.63) is 0 Å². The molecule has 86 valence electrons. The van der Waals surface area contributed by atoms with Gasteiger partial charge in [0.15, 0.2) is 0 Å². The van der Waals surface area contributed by atoms with Gasteiger partial charge in [-0.15, -0.1) is 0 Å². The molecule has 1 aliphatic heterocycles. The minimum atomic E-state index is -0.960. The Bertz CT molecular complexity index is 256. The van der Waals surface area contributed by atoms with Gasteiger partial charge in [0, 0.05) is 20.2 Å². The molecule has 0 aromatic carbocycles. The molecule has 2 atom stereocenters. The number of ether oxygens (including phenoxy) is 1. The number of hydrogen-bond acceptors (Lipinski definition) is 4. The summed E-state index contributed by atoms with van der Waals surface area (Å²) in [5.41, 5.74) is 0. The lowest BCUT2D eigenvalue weighted by molar-refractivity contribution is -0.149. The van der Waals surface area contributed by atoms with E-state index < -0.39 is 18.1 Å². The van der Waals surface area contributed by atoms with Crippen LogP contribution in [0.5, 0.6) is 0 Å². The van der Waals surface area contributed by atoms with Gasteiger partial charge in [-0.3, -0.25) is 14.5 Å². The van der Waals surface area contributed by atoms with Crippen LogP contribution in [0.3, 0.4) is 0 Å². The fourth-order valence-corrected chi connectivity index (χ4v) is 1.69. The van der Waals surface area contributed by atoms with Gasteiger partial charge in [-0.1, -0.05) is 0 Å². The molecular weight excluding hydrogens is 200 g/mol. The van der Waals surface area contributed by atoms with Crippen LogP contribution in [0.1, 0.15) is 6.92 Å². The second kappa shape index (κ2) is 5.09. The molecule has 2 unspecified atom stereocenters. The van der Waals surface area contributed by atoms with Crippen molar-refractivity contribution >= 4 is 11.9 Å². The Kier molecular flexibility index (Phi) is 4.05. The number of carbonyl (C=O) groups excluding carboxylic acids is 1. The molecule has 1 rings (SSSR count). The Morgan fingerprint density at radius 3 is 3.00 bits per heavy atom. The first-order valence-corrected chi connectivity index (χ1v) is 4.83. The lowest BCUT2D eigenvalue weighted by Crippen LogP contribution is -2.60. The molecule has 0 aromatic heterocycles. The zero-order valence-electron chi connectivity index (χ0n) is 8.90. The van der Waals surface area contributed by atoms with Gasteiger partial charge >= 0.3 is 5.97 Å². The molecule has 1 fully saturated rings. The zero-order valence-corrected chi connectivity index (χ0v) is 8.90. The number of rotatable bonds is 4. The Hall–Kier alpha value is -1.14. The van der Waals surface area contributed by atoms with E-state index >= 15 is 0 Å². The Labute approximate surface area is 88.2 Å². The number of hydrogen-bond donors (Lipinski definition) is 2. The van der Waals surface area contributed by atoms with E-state index in [0.29, 0.717) is 13.1 Å². The van der Waals surface area contributed by atoms with Crippen LogP contribution in [0, 0.1) is 0 Å². The van der Waals surface area contributed by atoms with E-state index in [2.05, 4.69) is 5.32 Å². The van der Waals surface area contributed by atoms with E-state index in [-0.39, 0.29) is 12.5 Å². The number of carboxylic acids is 1. The number of carbonyl (C=O) groups is 2. The first kappa shape index (κ1) is 11.9. The van der Waals surface area contributed by atoms with Crippen molar-refractivity contribution in [3.63, 3.8) is 0 Å². The summed E-state index contributed by atoms with van der Waals surface area (Å²) in [5.74, 6) is -1.10. The maximum Gasteiger partial charge on any atom is 0.323 e. The lowest BCUT2D eigenvalue weighted by Gasteiger charge is -2.36. The maximum absolute atomic E-state index is 11.3. The van der Waals surface area contributed by atoms with Gasteiger partial charge in [0.05, 0.1) is 12.6 Å². The molecule has 0 bridgehead atoms. The second-order valence-corrected chi connectivity index (χ2v) is 3.51. The highest BCUT2D eigenvalue weighted by atomic mass is 16.5. The summed E-state index contributed by atoms with van der Waals surface area (Å²) in [7, 11) is 1.45. The summed E-state index contributed by atoms with van der Waals surface area (Å²) >= 11 is 0. The van der Waals surface area contributed by atoms with Crippen LogP contribution in [-0.4, -0.2) is 60.8 Å². The van der Waals surface area contributed by atoms with Crippen LogP contribution < -0.4 is 5.32 Å². The SMILES string of the molecule is COCC(C(=O)O)N1CCNC(=O)C1C. The van der Waals surface area contributed by atoms with Crippen molar-refractivity contribution in [1.82, 2.24) is 10.2 Å². The number of nitrogens with one attached hydrogen (secondary N) is 1. The average Bonchev–Trinajstić information content (AvgIpc) is 2.19. The van der Waals surface area contributed by atoms with Gasteiger partial charge in [0.2, 0.25) is 5.91 Å². The van der Waals surface area contributed by atoms with E-state index in [4.69, 9.17) is 9.84 Å². The highest BCUT2D eigenvalue weighted by molar-refractivity contribution is 5.83. The van der Waals surface area contributed by atoms with E-state index in [1.807, 2.05) is 0 Å². The monoisotopic (exact) mass is 216 g/mol. The molecule has 1 amide bonds. The van der Waals surface area contributed by atoms with Crippen LogP contribution in [0.4, 0.5) is 0 Å². The third-order valence-corrected chi connectivity index (χ3v) is 2.56. The highest BCUT2D eigenvalue weighted by Gasteiger charge is 2.34. The van der Waals surface area contributed by atoms with Gasteiger partial charge in [-0.05, 0) is 6.92 Å². The minimum absolute atomic E-state index is 0.0902. The largest absolute Gasteiger partial charge is 0.480 e. The molecule has 0 aliphatic carbocycles. The Morgan fingerprint density at radius 2 is 2.47 bits per heavy atom. The van der Waals surface area contributed by atoms with Crippen LogP contribution >= 0.6 is 0 Å². The van der Waals surface area contributed by atoms with Crippen LogP contribution in [0.15, 0.2) is 0 Å². The summed E-state index contributed by atoms with van der Waals surface area (Å²) < 4.78 is 4.85. The molecule has 2 N–H and O–H groups in total. The Balaban J connectivity index is 2.73. The molecular formula is C9H16N2O4. The molecule has 1 heterocycles. The Morgan fingerprint density at radius 1 is 1.80 bits per heavy atom. The topological polar surface area (TPSA) is 78.9 Å². The summed E-state index contributed by atoms with van der Waals surface area (Å²) in [6, 6.07) is -1.17. The lowest BCUT2D eigenvalue weighted by atomic mass is 10.1. The predicted octanol–water partition coefficient (Wildman–Crippen LogP) is -1.09. The predicted molar refractivity (Wildman–Crippen MR) is 52.5 cm³/mol. The smallest absolute Gasteiger partial charge is 0.323 e. The van der Waals surface area contributed by atoms with Gasteiger partial charge < -0.3 is 15.2 Å². The van der Waals surface area contributed by atoms with Gasteiger partial charge in [0.1, 0.15) is 6.04 Å². The number of methoxy groups -OCH3 is 1. The maximum atomic E-state index is 11.3. The first-order valence-electron chi connectivity index (χ1n) is 4.83. The number of nitrogens with zero attached hydrogens (tertiary/aromatic N) is 1. The van der Waals surface area contributed by atoms with Gasteiger partial charge in [0.25, 0.3) is 0 Å². The van der Waals surface area contributed by atoms with Crippen molar-refractivity contribution in [2.75, 3.05) is 26.8 Å². The van der Waals surface area contributed by atoms with Crippen LogP contribution in [0.2, 0.25) is 0 Å². The van der Waals surface area contributed by atoms with Crippen molar-refractivity contribution < 1.29 is 19.4 Å². The quantitative estimate of drug-likeness (QED) is 0.624. The number of aliphatic carboxylic acids is 1. The van der Waals surface area contributed by atoms with E-state index in [0.717, 1.165) is 0 Å². The third kappa shape index (κ3) is 2.66. The summed E-state index contributed by atoms with van der Waals surface area (Å²) in [4.78, 5) is 24.0. The summed E-state index contributed by atoms with van der Waals surface area (Å²) in [6.45, 7) is 2.80. The summed E-state index contributed by atoms with van der Waals surface area (Å²) in [6.07, 6.45) is 0. The molecule has 0 saturated carbocycles. The third-order valence-electron chi connectivity index (χ3n) is 2.56. The number of amides is 1. The minimum Gasteiger partial charge on any atom is -0.480 e. The molecule has 1 aliphatic rings. The van der Waals surface area contributed by atoms with Gasteiger partial charge in [-0.2, -0.15) is 0 Å². The highest BCUT2D eigenvalue weighted by Crippen LogP contribution is 2.10. The molecule has 6 heteroatoms. The van der Waals surface area contributed by atoms with Crippen LogP contribution in [-0.2, 0) is 14.3 Å².